The van der Waals surface area contributed by atoms with Crippen LogP contribution in [0.5, 0.6) is 0 Å². The number of halogens is 1. The topological polar surface area (TPSA) is 67.4 Å². The molecule has 0 amide bonds. The zero-order chi connectivity index (χ0) is 14.3. The van der Waals surface area contributed by atoms with Crippen LogP contribution in [0.15, 0.2) is 41.5 Å². The van der Waals surface area contributed by atoms with Crippen LogP contribution in [0.2, 0.25) is 0 Å². The molecular weight excluding hydrogens is 350 g/mol. The van der Waals surface area contributed by atoms with Crippen LogP contribution in [0.3, 0.4) is 0 Å². The van der Waals surface area contributed by atoms with Crippen LogP contribution in [0.25, 0.3) is 0 Å². The van der Waals surface area contributed by atoms with E-state index in [1.807, 2.05) is 6.92 Å². The number of rotatable bonds is 2. The second kappa shape index (κ2) is 10.2. The predicted molar refractivity (Wildman–Crippen MR) is 82.7 cm³/mol. The van der Waals surface area contributed by atoms with Gasteiger partial charge in [-0.05, 0) is 36.9 Å². The third kappa shape index (κ3) is 7.45. The van der Waals surface area contributed by atoms with E-state index in [-0.39, 0.29) is 35.9 Å². The maximum Gasteiger partial charge on any atom is 1.00 e. The summed E-state index contributed by atoms with van der Waals surface area (Å²) in [7, 11) is -3.05. The van der Waals surface area contributed by atoms with Gasteiger partial charge in [0.05, 0.1) is 9.50 Å². The van der Waals surface area contributed by atoms with E-state index in [0.29, 0.717) is 8.73 Å². The summed E-state index contributed by atoms with van der Waals surface area (Å²) in [6.45, 7) is 1.88. The molecule has 1 aromatic carbocycles. The van der Waals surface area contributed by atoms with Gasteiger partial charge >= 0.3 is 29.6 Å². The Bertz CT molecular complexity index is 572. The molecule has 0 aromatic heterocycles. The molecule has 0 bridgehead atoms. The van der Waals surface area contributed by atoms with Crippen molar-refractivity contribution in [3.05, 3.63) is 42.2 Å². The van der Waals surface area contributed by atoms with E-state index in [1.54, 1.807) is 28.7 Å². The Kier molecular flexibility index (Phi) is 10.4. The van der Waals surface area contributed by atoms with Gasteiger partial charge in [-0.15, -0.1) is 9.49 Å². The van der Waals surface area contributed by atoms with Gasteiger partial charge < -0.3 is 6.26 Å². The molecule has 20 heavy (non-hydrogen) atoms. The Morgan fingerprint density at radius 2 is 2.00 bits per heavy atom. The maximum absolute atomic E-state index is 11.1. The number of hydrogen-bond donors (Lipinski definition) is 2. The van der Waals surface area contributed by atoms with Crippen LogP contribution >= 0.6 is 32.7 Å². The van der Waals surface area contributed by atoms with Crippen LogP contribution in [-0.2, 0) is 14.9 Å². The second-order valence-corrected chi connectivity index (χ2v) is 7.30. The van der Waals surface area contributed by atoms with Crippen molar-refractivity contribution >= 4 is 47.4 Å². The number of nitrogens with one attached hydrogen (secondary N) is 2. The molecule has 0 aliphatic carbocycles. The van der Waals surface area contributed by atoms with Gasteiger partial charge in [-0.25, -0.2) is 8.42 Å². The molecule has 1 aliphatic heterocycles. The maximum atomic E-state index is 11.1. The molecule has 1 aliphatic rings. The van der Waals surface area contributed by atoms with Gasteiger partial charge in [0.2, 0.25) is 0 Å². The average Bonchev–Trinajstić information content (AvgIpc) is 2.41. The van der Waals surface area contributed by atoms with E-state index >= 15 is 0 Å². The number of thiocarbonyl (C=S) groups is 1. The quantitative estimate of drug-likeness (QED) is 0.321. The average molecular weight is 363 g/mol. The summed E-state index contributed by atoms with van der Waals surface area (Å²) >= 11 is 9.82. The van der Waals surface area contributed by atoms with E-state index < -0.39 is 10.0 Å². The minimum absolute atomic E-state index is 0. The fraction of sp³-hybridized carbons (Fsp3) is 0.100. The SMILES string of the molecule is Cc1ccc(S(=O)(=O)NCl)cc1.S=C1C=CONP1.[H-].[Na+]. The fourth-order valence-electron chi connectivity index (χ4n) is 1.01. The molecule has 0 saturated heterocycles. The van der Waals surface area contributed by atoms with Gasteiger partial charge in [0.1, 0.15) is 6.26 Å². The van der Waals surface area contributed by atoms with Crippen molar-refractivity contribution in [3.8, 4) is 0 Å². The van der Waals surface area contributed by atoms with Gasteiger partial charge in [0.25, 0.3) is 10.0 Å². The van der Waals surface area contributed by atoms with Crippen molar-refractivity contribution in [1.29, 1.82) is 0 Å². The molecule has 2 rings (SSSR count). The standard InChI is InChI=1S/C7H8ClNO2S.C3H4NOPS.Na.H/c1-6-2-4-7(5-3-6)12(10,11)9-8;7-3-1-2-5-4-6-3;;/h2-5,9H,1H3;1-2,4,6H;;/q;;+1;-1. The second-order valence-electron chi connectivity index (χ2n) is 3.41. The first-order valence-electron chi connectivity index (χ1n) is 5.02. The number of allylic oxidation sites excluding steroid dienone is 1. The largest absolute Gasteiger partial charge is 1.00 e. The molecule has 0 fully saturated rings. The zero-order valence-corrected chi connectivity index (χ0v) is 16.3. The van der Waals surface area contributed by atoms with E-state index in [4.69, 9.17) is 24.0 Å². The molecule has 10 heteroatoms. The minimum atomic E-state index is -3.50. The monoisotopic (exact) mass is 362 g/mol. The van der Waals surface area contributed by atoms with Gasteiger partial charge in [-0.2, -0.15) is 0 Å². The number of aryl methyl sites for hydroxylation is 1. The first-order valence-corrected chi connectivity index (χ1v) is 8.29. The summed E-state index contributed by atoms with van der Waals surface area (Å²) in [5.74, 6) is 0. The van der Waals surface area contributed by atoms with Crippen LogP contribution in [0.1, 0.15) is 6.99 Å². The number of sulfonamides is 1. The van der Waals surface area contributed by atoms with Crippen LogP contribution in [0.4, 0.5) is 0 Å². The first kappa shape index (κ1) is 20.4. The molecule has 1 heterocycles. The van der Waals surface area contributed by atoms with Crippen molar-refractivity contribution in [2.45, 2.75) is 11.8 Å². The summed E-state index contributed by atoms with van der Waals surface area (Å²) in [6.07, 6.45) is 3.31. The van der Waals surface area contributed by atoms with Crippen molar-refractivity contribution in [3.63, 3.8) is 0 Å². The van der Waals surface area contributed by atoms with Gasteiger partial charge in [-0.1, -0.05) is 29.9 Å². The van der Waals surface area contributed by atoms with Gasteiger partial charge in [-0.3, -0.25) is 0 Å². The fourth-order valence-corrected chi connectivity index (χ4v) is 2.42. The smallest absolute Gasteiger partial charge is 1.00 e. The normalized spacial score (nSPS) is 14.8. The summed E-state index contributed by atoms with van der Waals surface area (Å²) in [4.78, 5) is 4.80. The molecule has 106 valence electrons. The van der Waals surface area contributed by atoms with E-state index in [2.05, 4.69) is 10.1 Å². The molecule has 0 radical (unpaired) electrons. The summed E-state index contributed by atoms with van der Waals surface area (Å²) < 4.78 is 24.8. The minimum Gasteiger partial charge on any atom is -1.00 e. The molecular formula is C10H13ClN2NaO3PS2. The third-order valence-corrected chi connectivity index (χ3v) is 4.73. The van der Waals surface area contributed by atoms with E-state index in [0.717, 1.165) is 10.2 Å². The molecule has 5 nitrogen and oxygen atoms in total. The Balaban J connectivity index is 0. The van der Waals surface area contributed by atoms with E-state index in [9.17, 15) is 8.42 Å². The molecule has 1 atom stereocenters. The predicted octanol–water partition coefficient (Wildman–Crippen LogP) is -0.501. The Hall–Kier alpha value is 0.440. The molecule has 1 unspecified atom stereocenters. The third-order valence-electron chi connectivity index (χ3n) is 1.95. The molecule has 2 N–H and O–H groups in total. The van der Waals surface area contributed by atoms with Crippen LogP contribution < -0.4 is 39.0 Å². The first-order chi connectivity index (χ1) is 8.95. The van der Waals surface area contributed by atoms with Crippen LogP contribution in [0, 0.1) is 6.92 Å². The summed E-state index contributed by atoms with van der Waals surface area (Å²) in [5, 5.41) is 2.63. The van der Waals surface area contributed by atoms with E-state index in [1.165, 1.54) is 12.1 Å². The van der Waals surface area contributed by atoms with Crippen LogP contribution in [-0.4, -0.2) is 13.0 Å². The van der Waals surface area contributed by atoms with Crippen molar-refractivity contribution < 1.29 is 44.2 Å². The van der Waals surface area contributed by atoms with Crippen molar-refractivity contribution in [2.24, 2.45) is 0 Å². The summed E-state index contributed by atoms with van der Waals surface area (Å²) in [6, 6.07) is 6.42. The van der Waals surface area contributed by atoms with Crippen molar-refractivity contribution in [2.75, 3.05) is 0 Å². The summed E-state index contributed by atoms with van der Waals surface area (Å²) in [5.41, 5.74) is 1.00. The Morgan fingerprint density at radius 3 is 2.35 bits per heavy atom. The zero-order valence-electron chi connectivity index (χ0n) is 11.9. The Labute approximate surface area is 154 Å². The molecule has 1 aromatic rings. The number of hydrogen-bond acceptors (Lipinski definition) is 5. The Morgan fingerprint density at radius 1 is 1.40 bits per heavy atom. The van der Waals surface area contributed by atoms with Gasteiger partial charge in [0.15, 0.2) is 0 Å². The molecule has 0 spiro atoms. The van der Waals surface area contributed by atoms with Gasteiger partial charge in [0, 0.05) is 8.73 Å². The number of benzene rings is 1. The van der Waals surface area contributed by atoms with Crippen molar-refractivity contribution in [1.82, 2.24) is 9.49 Å². The molecule has 0 saturated carbocycles.